The van der Waals surface area contributed by atoms with Crippen molar-refractivity contribution < 1.29 is 13.5 Å². The molecule has 0 aliphatic carbocycles. The van der Waals surface area contributed by atoms with Gasteiger partial charge < -0.3 is 4.74 Å². The van der Waals surface area contributed by atoms with E-state index in [1.54, 1.807) is 0 Å². The normalized spacial score (nSPS) is 13.2. The second kappa shape index (κ2) is 8.49. The second-order valence-electron chi connectivity index (χ2n) is 5.06. The molecule has 0 fully saturated rings. The van der Waals surface area contributed by atoms with Crippen LogP contribution in [-0.4, -0.2) is 19.6 Å². The van der Waals surface area contributed by atoms with Crippen LogP contribution in [-0.2, 0) is 11.2 Å². The van der Waals surface area contributed by atoms with Gasteiger partial charge in [-0.2, -0.15) is 0 Å². The van der Waals surface area contributed by atoms with E-state index in [2.05, 4.69) is 26.0 Å². The Morgan fingerprint density at radius 3 is 2.32 bits per heavy atom. The Bertz CT molecular complexity index is 352. The molecular weight excluding hydrogens is 270 g/mol. The largest absolute Gasteiger partial charge is 0.375 e. The molecule has 0 saturated heterocycles. The van der Waals surface area contributed by atoms with Crippen LogP contribution in [0.2, 0.25) is 0 Å². The van der Waals surface area contributed by atoms with Crippen molar-refractivity contribution in [1.82, 2.24) is 0 Å². The lowest BCUT2D eigenvalue weighted by atomic mass is 10.0. The van der Waals surface area contributed by atoms with Crippen molar-refractivity contribution in [2.75, 3.05) is 13.2 Å². The molecule has 4 heteroatoms. The first-order chi connectivity index (χ1) is 8.99. The molecule has 1 unspecified atom stereocenters. The molecule has 0 bridgehead atoms. The fourth-order valence-corrected chi connectivity index (χ4v) is 2.09. The van der Waals surface area contributed by atoms with Crippen molar-refractivity contribution in [1.29, 1.82) is 0 Å². The van der Waals surface area contributed by atoms with Crippen LogP contribution in [0, 0.1) is 5.92 Å². The summed E-state index contributed by atoms with van der Waals surface area (Å²) in [6, 6.07) is 8.15. The summed E-state index contributed by atoms with van der Waals surface area (Å²) in [6.45, 7) is 4.10. The van der Waals surface area contributed by atoms with Crippen molar-refractivity contribution in [2.45, 2.75) is 38.5 Å². The van der Waals surface area contributed by atoms with Crippen molar-refractivity contribution in [3.8, 4) is 0 Å². The summed E-state index contributed by atoms with van der Waals surface area (Å²) < 4.78 is 28.6. The van der Waals surface area contributed by atoms with E-state index in [4.69, 9.17) is 16.3 Å². The molecule has 1 aromatic rings. The molecule has 0 aliphatic heterocycles. The lowest BCUT2D eigenvalue weighted by molar-refractivity contribution is 0.0165. The summed E-state index contributed by atoms with van der Waals surface area (Å²) >= 11 is 6.21. The molecule has 0 saturated carbocycles. The molecule has 0 N–H and O–H groups in total. The van der Waals surface area contributed by atoms with Crippen molar-refractivity contribution in [3.05, 3.63) is 35.4 Å². The topological polar surface area (TPSA) is 9.23 Å². The molecule has 1 atom stereocenters. The van der Waals surface area contributed by atoms with Crippen LogP contribution in [0.4, 0.5) is 8.78 Å². The fourth-order valence-electron chi connectivity index (χ4n) is 1.86. The van der Waals surface area contributed by atoms with Gasteiger partial charge in [-0.1, -0.05) is 38.1 Å². The number of halogens is 3. The van der Waals surface area contributed by atoms with E-state index in [0.717, 1.165) is 12.0 Å². The van der Waals surface area contributed by atoms with Gasteiger partial charge in [0.25, 0.3) is 6.43 Å². The zero-order chi connectivity index (χ0) is 14.3. The number of alkyl halides is 3. The number of ether oxygens (including phenoxy) is 1. The van der Waals surface area contributed by atoms with Crippen LogP contribution < -0.4 is 0 Å². The van der Waals surface area contributed by atoms with Crippen molar-refractivity contribution in [2.24, 2.45) is 5.92 Å². The van der Waals surface area contributed by atoms with E-state index < -0.39 is 13.0 Å². The van der Waals surface area contributed by atoms with E-state index in [1.165, 1.54) is 5.56 Å². The van der Waals surface area contributed by atoms with Gasteiger partial charge in [-0.25, -0.2) is 8.78 Å². The standard InChI is InChI=1S/C15H21ClF2O/c1-11(2)9-12-3-5-13(6-4-12)14(16)7-8-19-10-15(17)18/h3-6,11,14-15H,7-10H2,1-2H3. The van der Waals surface area contributed by atoms with E-state index in [1.807, 2.05) is 12.1 Å². The number of rotatable bonds is 8. The van der Waals surface area contributed by atoms with Crippen LogP contribution >= 0.6 is 11.6 Å². The SMILES string of the molecule is CC(C)Cc1ccc(C(Cl)CCOCC(F)F)cc1. The van der Waals surface area contributed by atoms with Gasteiger partial charge >= 0.3 is 0 Å². The minimum atomic E-state index is -2.41. The quantitative estimate of drug-likeness (QED) is 0.492. The summed E-state index contributed by atoms with van der Waals surface area (Å²) in [5.74, 6) is 0.625. The summed E-state index contributed by atoms with van der Waals surface area (Å²) in [4.78, 5) is 0. The lowest BCUT2D eigenvalue weighted by Gasteiger charge is -2.11. The average molecular weight is 291 g/mol. The highest BCUT2D eigenvalue weighted by atomic mass is 35.5. The fraction of sp³-hybridized carbons (Fsp3) is 0.600. The van der Waals surface area contributed by atoms with Crippen molar-refractivity contribution >= 4 is 11.6 Å². The number of benzene rings is 1. The molecule has 0 spiro atoms. The molecule has 0 amide bonds. The van der Waals surface area contributed by atoms with Gasteiger partial charge in [-0.05, 0) is 29.9 Å². The molecule has 108 valence electrons. The zero-order valence-electron chi connectivity index (χ0n) is 11.4. The Kier molecular flexibility index (Phi) is 7.32. The summed E-state index contributed by atoms with van der Waals surface area (Å²) in [5, 5.41) is -0.189. The zero-order valence-corrected chi connectivity index (χ0v) is 12.2. The van der Waals surface area contributed by atoms with Gasteiger partial charge in [0.05, 0.1) is 5.38 Å². The molecule has 19 heavy (non-hydrogen) atoms. The predicted molar refractivity (Wildman–Crippen MR) is 75.0 cm³/mol. The Hall–Kier alpha value is -0.670. The molecule has 0 aliphatic rings. The highest BCUT2D eigenvalue weighted by molar-refractivity contribution is 6.20. The second-order valence-corrected chi connectivity index (χ2v) is 5.59. The maximum atomic E-state index is 11.9. The molecule has 1 rings (SSSR count). The maximum absolute atomic E-state index is 11.9. The first kappa shape index (κ1) is 16.4. The Balaban J connectivity index is 2.37. The van der Waals surface area contributed by atoms with Gasteiger partial charge in [0, 0.05) is 6.61 Å². The first-order valence-electron chi connectivity index (χ1n) is 6.58. The van der Waals surface area contributed by atoms with Gasteiger partial charge in [0.1, 0.15) is 6.61 Å². The summed E-state index contributed by atoms with van der Waals surface area (Å²) in [6.07, 6.45) is -0.827. The van der Waals surface area contributed by atoms with Gasteiger partial charge in [0.2, 0.25) is 0 Å². The van der Waals surface area contributed by atoms with Gasteiger partial charge in [-0.15, -0.1) is 11.6 Å². The molecule has 1 aromatic carbocycles. The highest BCUT2D eigenvalue weighted by Crippen LogP contribution is 2.24. The van der Waals surface area contributed by atoms with E-state index in [9.17, 15) is 8.78 Å². The van der Waals surface area contributed by atoms with Crippen LogP contribution in [0.25, 0.3) is 0 Å². The van der Waals surface area contributed by atoms with Crippen LogP contribution in [0.1, 0.15) is 36.8 Å². The minimum Gasteiger partial charge on any atom is -0.375 e. The van der Waals surface area contributed by atoms with Crippen LogP contribution in [0.15, 0.2) is 24.3 Å². The molecule has 0 heterocycles. The van der Waals surface area contributed by atoms with Crippen LogP contribution in [0.5, 0.6) is 0 Å². The van der Waals surface area contributed by atoms with E-state index in [0.29, 0.717) is 12.3 Å². The molecule has 1 nitrogen and oxygen atoms in total. The lowest BCUT2D eigenvalue weighted by Crippen LogP contribution is -2.07. The smallest absolute Gasteiger partial charge is 0.261 e. The van der Waals surface area contributed by atoms with E-state index in [-0.39, 0.29) is 12.0 Å². The predicted octanol–water partition coefficient (Wildman–Crippen LogP) is 4.84. The van der Waals surface area contributed by atoms with Gasteiger partial charge in [-0.3, -0.25) is 0 Å². The third-order valence-corrected chi connectivity index (χ3v) is 3.22. The molecular formula is C15H21ClF2O. The Labute approximate surface area is 118 Å². The number of hydrogen-bond donors (Lipinski definition) is 0. The highest BCUT2D eigenvalue weighted by Gasteiger charge is 2.09. The Morgan fingerprint density at radius 1 is 1.16 bits per heavy atom. The first-order valence-corrected chi connectivity index (χ1v) is 7.01. The van der Waals surface area contributed by atoms with Gasteiger partial charge in [0.15, 0.2) is 0 Å². The third-order valence-electron chi connectivity index (χ3n) is 2.74. The Morgan fingerprint density at radius 2 is 1.79 bits per heavy atom. The van der Waals surface area contributed by atoms with E-state index >= 15 is 0 Å². The summed E-state index contributed by atoms with van der Waals surface area (Å²) in [5.41, 5.74) is 2.30. The molecule has 0 radical (unpaired) electrons. The monoisotopic (exact) mass is 290 g/mol. The maximum Gasteiger partial charge on any atom is 0.261 e. The summed E-state index contributed by atoms with van der Waals surface area (Å²) in [7, 11) is 0. The third kappa shape index (κ3) is 6.88. The average Bonchev–Trinajstić information content (AvgIpc) is 2.34. The minimum absolute atomic E-state index is 0.189. The number of hydrogen-bond acceptors (Lipinski definition) is 1. The van der Waals surface area contributed by atoms with Crippen LogP contribution in [0.3, 0.4) is 0 Å². The van der Waals surface area contributed by atoms with Crippen molar-refractivity contribution in [3.63, 3.8) is 0 Å². The molecule has 0 aromatic heterocycles.